The van der Waals surface area contributed by atoms with Gasteiger partial charge in [0.05, 0.1) is 10.5 Å². The lowest BCUT2D eigenvalue weighted by molar-refractivity contribution is 0.0250. The zero-order valence-electron chi connectivity index (χ0n) is 13.1. The number of aryl methyl sites for hydroxylation is 2. The fourth-order valence-corrected chi connectivity index (χ4v) is 4.42. The molecular formula is C15H24N2O3S. The van der Waals surface area contributed by atoms with Gasteiger partial charge in [0, 0.05) is 25.9 Å². The summed E-state index contributed by atoms with van der Waals surface area (Å²) in [4.78, 5) is 0.364. The summed E-state index contributed by atoms with van der Waals surface area (Å²) in [6.45, 7) is 6.59. The molecule has 1 aromatic carbocycles. The van der Waals surface area contributed by atoms with Crippen molar-refractivity contribution in [2.24, 2.45) is 0 Å². The first-order chi connectivity index (χ1) is 9.77. The van der Waals surface area contributed by atoms with Crippen molar-refractivity contribution in [2.75, 3.05) is 25.5 Å². The van der Waals surface area contributed by atoms with E-state index in [9.17, 15) is 8.42 Å². The van der Waals surface area contributed by atoms with E-state index in [1.54, 1.807) is 0 Å². The van der Waals surface area contributed by atoms with Gasteiger partial charge in [-0.05, 0) is 56.9 Å². The van der Waals surface area contributed by atoms with Crippen LogP contribution in [0, 0.1) is 13.8 Å². The SMILES string of the molecule is CNc1cc(C)c(S(=O)(=O)NCC2(C)CCCO2)c(C)c1. The molecule has 1 saturated heterocycles. The summed E-state index contributed by atoms with van der Waals surface area (Å²) in [7, 11) is -1.71. The van der Waals surface area contributed by atoms with Gasteiger partial charge in [-0.1, -0.05) is 0 Å². The van der Waals surface area contributed by atoms with Crippen LogP contribution >= 0.6 is 0 Å². The van der Waals surface area contributed by atoms with Crippen molar-refractivity contribution < 1.29 is 13.2 Å². The van der Waals surface area contributed by atoms with Crippen molar-refractivity contribution in [1.29, 1.82) is 0 Å². The van der Waals surface area contributed by atoms with Gasteiger partial charge in [-0.2, -0.15) is 0 Å². The van der Waals surface area contributed by atoms with Crippen LogP contribution in [0.1, 0.15) is 30.9 Å². The summed E-state index contributed by atoms with van der Waals surface area (Å²) in [5.41, 5.74) is 2.00. The van der Waals surface area contributed by atoms with Crippen LogP contribution in [0.15, 0.2) is 17.0 Å². The average molecular weight is 312 g/mol. The Kier molecular flexibility index (Phi) is 4.60. The number of anilines is 1. The van der Waals surface area contributed by atoms with Gasteiger partial charge in [0.15, 0.2) is 0 Å². The second-order valence-corrected chi connectivity index (χ2v) is 7.62. The lowest BCUT2D eigenvalue weighted by atomic mass is 10.0. The molecule has 0 radical (unpaired) electrons. The number of sulfonamides is 1. The molecule has 0 amide bonds. The van der Waals surface area contributed by atoms with Gasteiger partial charge in [-0.25, -0.2) is 13.1 Å². The van der Waals surface area contributed by atoms with Crippen molar-refractivity contribution in [1.82, 2.24) is 4.72 Å². The molecule has 0 spiro atoms. The standard InChI is InChI=1S/C15H24N2O3S/c1-11-8-13(16-4)9-12(2)14(11)21(18,19)17-10-15(3)6-5-7-20-15/h8-9,16-17H,5-7,10H2,1-4H3. The number of nitrogens with one attached hydrogen (secondary N) is 2. The van der Waals surface area contributed by atoms with Crippen molar-refractivity contribution in [2.45, 2.75) is 44.1 Å². The summed E-state index contributed by atoms with van der Waals surface area (Å²) in [5.74, 6) is 0. The summed E-state index contributed by atoms with van der Waals surface area (Å²) in [6.07, 6.45) is 1.86. The number of rotatable bonds is 5. The molecule has 21 heavy (non-hydrogen) atoms. The molecule has 0 aromatic heterocycles. The Balaban J connectivity index is 2.23. The molecular weight excluding hydrogens is 288 g/mol. The maximum atomic E-state index is 12.6. The van der Waals surface area contributed by atoms with E-state index in [1.165, 1.54) is 0 Å². The van der Waals surface area contributed by atoms with Gasteiger partial charge in [0.2, 0.25) is 10.0 Å². The summed E-state index contributed by atoms with van der Waals surface area (Å²) < 4.78 is 33.5. The van der Waals surface area contributed by atoms with E-state index in [0.29, 0.717) is 18.0 Å². The minimum absolute atomic E-state index is 0.308. The minimum Gasteiger partial charge on any atom is -0.388 e. The molecule has 1 aromatic rings. The quantitative estimate of drug-likeness (QED) is 0.874. The summed E-state index contributed by atoms with van der Waals surface area (Å²) in [6, 6.07) is 3.69. The van der Waals surface area contributed by atoms with Gasteiger partial charge in [0.1, 0.15) is 0 Å². The van der Waals surface area contributed by atoms with E-state index in [2.05, 4.69) is 10.0 Å². The zero-order chi connectivity index (χ0) is 15.7. The first-order valence-electron chi connectivity index (χ1n) is 7.20. The first-order valence-corrected chi connectivity index (χ1v) is 8.68. The molecule has 1 fully saturated rings. The molecule has 2 rings (SSSR count). The van der Waals surface area contributed by atoms with Crippen LogP contribution in [0.2, 0.25) is 0 Å². The predicted molar refractivity (Wildman–Crippen MR) is 84.2 cm³/mol. The molecule has 2 N–H and O–H groups in total. The van der Waals surface area contributed by atoms with Crippen molar-refractivity contribution >= 4 is 15.7 Å². The van der Waals surface area contributed by atoms with Crippen LogP contribution in [0.4, 0.5) is 5.69 Å². The molecule has 0 saturated carbocycles. The molecule has 1 aliphatic heterocycles. The fraction of sp³-hybridized carbons (Fsp3) is 0.600. The molecule has 0 bridgehead atoms. The topological polar surface area (TPSA) is 67.4 Å². The van der Waals surface area contributed by atoms with E-state index in [0.717, 1.165) is 29.7 Å². The third kappa shape index (κ3) is 3.56. The van der Waals surface area contributed by atoms with Gasteiger partial charge in [-0.3, -0.25) is 0 Å². The molecule has 1 aliphatic rings. The number of benzene rings is 1. The minimum atomic E-state index is -3.53. The Morgan fingerprint density at radius 3 is 2.38 bits per heavy atom. The van der Waals surface area contributed by atoms with Crippen molar-refractivity contribution in [3.05, 3.63) is 23.3 Å². The Bertz CT molecular complexity index is 597. The van der Waals surface area contributed by atoms with Crippen LogP contribution in [0.25, 0.3) is 0 Å². The smallest absolute Gasteiger partial charge is 0.241 e. The number of ether oxygens (including phenoxy) is 1. The monoisotopic (exact) mass is 312 g/mol. The normalized spacial score (nSPS) is 22.5. The maximum Gasteiger partial charge on any atom is 0.241 e. The van der Waals surface area contributed by atoms with Gasteiger partial charge in [-0.15, -0.1) is 0 Å². The van der Waals surface area contributed by atoms with Crippen LogP contribution in [-0.2, 0) is 14.8 Å². The molecule has 0 aliphatic carbocycles. The van der Waals surface area contributed by atoms with E-state index in [-0.39, 0.29) is 5.60 Å². The number of hydrogen-bond donors (Lipinski definition) is 2. The average Bonchev–Trinajstić information content (AvgIpc) is 2.83. The molecule has 5 nitrogen and oxygen atoms in total. The van der Waals surface area contributed by atoms with Crippen molar-refractivity contribution in [3.8, 4) is 0 Å². The summed E-state index contributed by atoms with van der Waals surface area (Å²) >= 11 is 0. The largest absolute Gasteiger partial charge is 0.388 e. The first kappa shape index (κ1) is 16.3. The molecule has 1 unspecified atom stereocenters. The lowest BCUT2D eigenvalue weighted by Gasteiger charge is -2.24. The van der Waals surface area contributed by atoms with Crippen LogP contribution in [-0.4, -0.2) is 34.2 Å². The highest BCUT2D eigenvalue weighted by Crippen LogP contribution is 2.27. The maximum absolute atomic E-state index is 12.6. The van der Waals surface area contributed by atoms with Crippen LogP contribution in [0.3, 0.4) is 0 Å². The highest BCUT2D eigenvalue weighted by atomic mass is 32.2. The fourth-order valence-electron chi connectivity index (χ4n) is 2.81. The third-order valence-electron chi connectivity index (χ3n) is 3.95. The van der Waals surface area contributed by atoms with E-state index >= 15 is 0 Å². The van der Waals surface area contributed by atoms with Crippen LogP contribution in [0.5, 0.6) is 0 Å². The van der Waals surface area contributed by atoms with E-state index in [1.807, 2.05) is 40.0 Å². The van der Waals surface area contributed by atoms with Crippen LogP contribution < -0.4 is 10.0 Å². The third-order valence-corrected chi connectivity index (χ3v) is 5.66. The predicted octanol–water partition coefficient (Wildman–Crippen LogP) is 2.19. The highest BCUT2D eigenvalue weighted by molar-refractivity contribution is 7.89. The highest BCUT2D eigenvalue weighted by Gasteiger charge is 2.32. The second-order valence-electron chi connectivity index (χ2n) is 5.92. The summed E-state index contributed by atoms with van der Waals surface area (Å²) in [5, 5.41) is 3.03. The van der Waals surface area contributed by atoms with Crippen molar-refractivity contribution in [3.63, 3.8) is 0 Å². The molecule has 1 atom stereocenters. The van der Waals surface area contributed by atoms with E-state index < -0.39 is 10.0 Å². The van der Waals surface area contributed by atoms with E-state index in [4.69, 9.17) is 4.74 Å². The lowest BCUT2D eigenvalue weighted by Crippen LogP contribution is -2.40. The Morgan fingerprint density at radius 2 is 1.90 bits per heavy atom. The van der Waals surface area contributed by atoms with Gasteiger partial charge in [0.25, 0.3) is 0 Å². The zero-order valence-corrected chi connectivity index (χ0v) is 13.9. The van der Waals surface area contributed by atoms with Gasteiger partial charge >= 0.3 is 0 Å². The number of hydrogen-bond acceptors (Lipinski definition) is 4. The Labute approximate surface area is 127 Å². The Morgan fingerprint density at radius 1 is 1.29 bits per heavy atom. The second kappa shape index (κ2) is 5.94. The molecule has 6 heteroatoms. The van der Waals surface area contributed by atoms with Gasteiger partial charge < -0.3 is 10.1 Å². The Hall–Kier alpha value is -1.11. The molecule has 118 valence electrons. The molecule has 1 heterocycles.